The monoisotopic (exact) mass is 355 g/mol. The van der Waals surface area contributed by atoms with Crippen LogP contribution in [0.5, 0.6) is 11.5 Å². The predicted molar refractivity (Wildman–Crippen MR) is 105 cm³/mol. The van der Waals surface area contributed by atoms with E-state index in [0.717, 1.165) is 11.1 Å². The van der Waals surface area contributed by atoms with Crippen LogP contribution in [0.2, 0.25) is 0 Å². The molecule has 0 aliphatic heterocycles. The predicted octanol–water partition coefficient (Wildman–Crippen LogP) is 3.26. The molecule has 0 heterocycles. The number of hydrogen-bond acceptors (Lipinski definition) is 4. The Morgan fingerprint density at radius 3 is 2.72 bits per heavy atom. The second-order valence-electron chi connectivity index (χ2n) is 5.05. The Morgan fingerprint density at radius 2 is 2.00 bits per heavy atom. The summed E-state index contributed by atoms with van der Waals surface area (Å²) in [5.41, 5.74) is 4.70. The van der Waals surface area contributed by atoms with Crippen LogP contribution >= 0.6 is 12.2 Å². The van der Waals surface area contributed by atoms with E-state index in [1.807, 2.05) is 48.5 Å². The number of nitrogens with zero attached hydrogens (tertiary/aromatic N) is 1. The lowest BCUT2D eigenvalue weighted by Gasteiger charge is -2.11. The lowest BCUT2D eigenvalue weighted by molar-refractivity contribution is 0.284. The van der Waals surface area contributed by atoms with Crippen molar-refractivity contribution in [1.29, 1.82) is 0 Å². The highest BCUT2D eigenvalue weighted by atomic mass is 32.1. The van der Waals surface area contributed by atoms with E-state index in [9.17, 15) is 0 Å². The van der Waals surface area contributed by atoms with Gasteiger partial charge in [0, 0.05) is 6.54 Å². The van der Waals surface area contributed by atoms with Crippen molar-refractivity contribution in [2.24, 2.45) is 5.10 Å². The molecule has 0 saturated heterocycles. The van der Waals surface area contributed by atoms with Crippen molar-refractivity contribution in [3.05, 3.63) is 72.3 Å². The molecule has 6 heteroatoms. The molecule has 25 heavy (non-hydrogen) atoms. The van der Waals surface area contributed by atoms with Gasteiger partial charge < -0.3 is 14.8 Å². The third-order valence-electron chi connectivity index (χ3n) is 3.21. The summed E-state index contributed by atoms with van der Waals surface area (Å²) < 4.78 is 11.2. The highest BCUT2D eigenvalue weighted by Crippen LogP contribution is 2.28. The minimum absolute atomic E-state index is 0.436. The fourth-order valence-corrected chi connectivity index (χ4v) is 2.12. The van der Waals surface area contributed by atoms with Gasteiger partial charge in [-0.2, -0.15) is 5.10 Å². The zero-order chi connectivity index (χ0) is 17.9. The highest BCUT2D eigenvalue weighted by Gasteiger charge is 2.05. The molecular weight excluding hydrogens is 334 g/mol. The van der Waals surface area contributed by atoms with Gasteiger partial charge >= 0.3 is 0 Å². The number of nitrogens with one attached hydrogen (secondary N) is 2. The molecule has 0 aromatic heterocycles. The van der Waals surface area contributed by atoms with Gasteiger partial charge in [0.05, 0.1) is 13.3 Å². The summed E-state index contributed by atoms with van der Waals surface area (Å²) in [5, 5.41) is 7.45. The zero-order valence-corrected chi connectivity index (χ0v) is 14.9. The molecule has 0 bridgehead atoms. The van der Waals surface area contributed by atoms with Gasteiger partial charge in [0.2, 0.25) is 0 Å². The first-order valence-corrected chi connectivity index (χ1v) is 8.16. The van der Waals surface area contributed by atoms with Crippen LogP contribution in [0.1, 0.15) is 11.1 Å². The molecule has 2 rings (SSSR count). The number of rotatable bonds is 8. The Labute approximate surface area is 153 Å². The Hall–Kier alpha value is -2.86. The van der Waals surface area contributed by atoms with Gasteiger partial charge in [0.1, 0.15) is 6.61 Å². The van der Waals surface area contributed by atoms with E-state index in [-0.39, 0.29) is 0 Å². The molecule has 2 N–H and O–H groups in total. The third kappa shape index (κ3) is 6.27. The molecular formula is C19H21N3O2S. The summed E-state index contributed by atoms with van der Waals surface area (Å²) in [4.78, 5) is 0. The smallest absolute Gasteiger partial charge is 0.187 e. The molecule has 0 aliphatic rings. The fraction of sp³-hybridized carbons (Fsp3) is 0.158. The van der Waals surface area contributed by atoms with Crippen LogP contribution in [0.25, 0.3) is 0 Å². The van der Waals surface area contributed by atoms with Crippen LogP contribution in [0.3, 0.4) is 0 Å². The first kappa shape index (κ1) is 18.5. The average Bonchev–Trinajstić information content (AvgIpc) is 2.66. The van der Waals surface area contributed by atoms with Gasteiger partial charge in [0.25, 0.3) is 0 Å². The van der Waals surface area contributed by atoms with Crippen LogP contribution in [0, 0.1) is 0 Å². The van der Waals surface area contributed by atoms with Gasteiger partial charge in [-0.1, -0.05) is 36.4 Å². The van der Waals surface area contributed by atoms with Crippen molar-refractivity contribution >= 4 is 23.5 Å². The van der Waals surface area contributed by atoms with Gasteiger partial charge in [-0.05, 0) is 41.5 Å². The molecule has 0 amide bonds. The normalized spacial score (nSPS) is 10.3. The largest absolute Gasteiger partial charge is 0.493 e. The van der Waals surface area contributed by atoms with Crippen molar-refractivity contribution in [3.8, 4) is 11.5 Å². The third-order valence-corrected chi connectivity index (χ3v) is 3.45. The van der Waals surface area contributed by atoms with E-state index < -0.39 is 0 Å². The van der Waals surface area contributed by atoms with E-state index in [1.165, 1.54) is 0 Å². The Balaban J connectivity index is 1.96. The molecule has 130 valence electrons. The Kier molecular flexibility index (Phi) is 7.46. The summed E-state index contributed by atoms with van der Waals surface area (Å²) in [6, 6.07) is 15.6. The second kappa shape index (κ2) is 10.1. The number of ether oxygens (including phenoxy) is 2. The number of hydrogen-bond donors (Lipinski definition) is 2. The van der Waals surface area contributed by atoms with Crippen molar-refractivity contribution in [3.63, 3.8) is 0 Å². The zero-order valence-electron chi connectivity index (χ0n) is 14.1. The van der Waals surface area contributed by atoms with E-state index >= 15 is 0 Å². The standard InChI is InChI=1S/C19H21N3O2S/c1-3-11-20-19(25)22-21-13-16-9-10-17(18(12-16)23-2)24-14-15-7-5-4-6-8-15/h3-10,12-13H,1,11,14H2,2H3,(H2,20,22,25). The summed E-state index contributed by atoms with van der Waals surface area (Å²) in [5.74, 6) is 1.33. The molecule has 0 saturated carbocycles. The summed E-state index contributed by atoms with van der Waals surface area (Å²) >= 11 is 5.06. The van der Waals surface area contributed by atoms with Crippen LogP contribution in [0.15, 0.2) is 66.3 Å². The van der Waals surface area contributed by atoms with E-state index in [4.69, 9.17) is 21.7 Å². The van der Waals surface area contributed by atoms with Crippen LogP contribution < -0.4 is 20.2 Å². The van der Waals surface area contributed by atoms with Crippen molar-refractivity contribution < 1.29 is 9.47 Å². The number of benzene rings is 2. The van der Waals surface area contributed by atoms with Crippen LogP contribution in [-0.4, -0.2) is 25.0 Å². The maximum Gasteiger partial charge on any atom is 0.187 e. The fourth-order valence-electron chi connectivity index (χ4n) is 1.99. The number of thiocarbonyl (C=S) groups is 1. The minimum Gasteiger partial charge on any atom is -0.493 e. The van der Waals surface area contributed by atoms with Gasteiger partial charge in [0.15, 0.2) is 16.6 Å². The van der Waals surface area contributed by atoms with Gasteiger partial charge in [-0.15, -0.1) is 6.58 Å². The maximum atomic E-state index is 5.83. The van der Waals surface area contributed by atoms with E-state index in [0.29, 0.717) is 29.8 Å². The molecule has 0 unspecified atom stereocenters. The highest BCUT2D eigenvalue weighted by molar-refractivity contribution is 7.80. The molecule has 2 aromatic rings. The van der Waals surface area contributed by atoms with Crippen LogP contribution in [0.4, 0.5) is 0 Å². The topological polar surface area (TPSA) is 54.9 Å². The first-order valence-electron chi connectivity index (χ1n) is 7.75. The molecule has 0 atom stereocenters. The molecule has 0 fully saturated rings. The number of hydrazone groups is 1. The van der Waals surface area contributed by atoms with Gasteiger partial charge in [-0.25, -0.2) is 0 Å². The molecule has 5 nitrogen and oxygen atoms in total. The molecule has 2 aromatic carbocycles. The summed E-state index contributed by atoms with van der Waals surface area (Å²) in [6.45, 7) is 4.68. The maximum absolute atomic E-state index is 5.83. The molecule has 0 spiro atoms. The quantitative estimate of drug-likeness (QED) is 0.329. The van der Waals surface area contributed by atoms with Gasteiger partial charge in [-0.3, -0.25) is 5.43 Å². The van der Waals surface area contributed by atoms with Crippen molar-refractivity contribution in [1.82, 2.24) is 10.7 Å². The Bertz CT molecular complexity index is 733. The summed E-state index contributed by atoms with van der Waals surface area (Å²) in [7, 11) is 1.61. The van der Waals surface area contributed by atoms with Crippen molar-refractivity contribution in [2.45, 2.75) is 6.61 Å². The van der Waals surface area contributed by atoms with Crippen LogP contribution in [-0.2, 0) is 6.61 Å². The summed E-state index contributed by atoms with van der Waals surface area (Å²) in [6.07, 6.45) is 3.38. The lowest BCUT2D eigenvalue weighted by atomic mass is 10.2. The Morgan fingerprint density at radius 1 is 1.20 bits per heavy atom. The first-order chi connectivity index (χ1) is 12.2. The SMILES string of the molecule is C=CCNC(=S)NN=Cc1ccc(OCc2ccccc2)c(OC)c1. The van der Waals surface area contributed by atoms with E-state index in [1.54, 1.807) is 19.4 Å². The molecule has 0 radical (unpaired) electrons. The lowest BCUT2D eigenvalue weighted by Crippen LogP contribution is -2.31. The molecule has 0 aliphatic carbocycles. The minimum atomic E-state index is 0.436. The average molecular weight is 355 g/mol. The number of methoxy groups -OCH3 is 1. The van der Waals surface area contributed by atoms with E-state index in [2.05, 4.69) is 22.4 Å². The second-order valence-corrected chi connectivity index (χ2v) is 5.46. The van der Waals surface area contributed by atoms with Crippen molar-refractivity contribution in [2.75, 3.05) is 13.7 Å².